The number of ether oxygens (including phenoxy) is 1. The molecule has 3 aromatic rings. The van der Waals surface area contributed by atoms with Crippen molar-refractivity contribution in [3.05, 3.63) is 82.4 Å². The first-order valence-corrected chi connectivity index (χ1v) is 10.8. The van der Waals surface area contributed by atoms with E-state index in [9.17, 15) is 8.42 Å². The van der Waals surface area contributed by atoms with Gasteiger partial charge in [0.2, 0.25) is 0 Å². The number of rotatable bonds is 7. The highest BCUT2D eigenvalue weighted by Gasteiger charge is 2.19. The first-order chi connectivity index (χ1) is 13.8. The molecule has 0 amide bonds. The van der Waals surface area contributed by atoms with Crippen molar-refractivity contribution in [2.45, 2.75) is 25.3 Å². The van der Waals surface area contributed by atoms with Crippen molar-refractivity contribution in [3.8, 4) is 11.5 Å². The molecule has 0 spiro atoms. The SMILES string of the molecule is COc1cc(CNc2cccc(Cl)c2C)ccc1OS(=O)(=O)c1ccc(C)cc1. The van der Waals surface area contributed by atoms with Gasteiger partial charge in [-0.15, -0.1) is 0 Å². The molecule has 0 radical (unpaired) electrons. The van der Waals surface area contributed by atoms with Gasteiger partial charge in [0.15, 0.2) is 11.5 Å². The normalized spacial score (nSPS) is 11.2. The first kappa shape index (κ1) is 21.0. The van der Waals surface area contributed by atoms with Gasteiger partial charge in [-0.3, -0.25) is 0 Å². The molecule has 0 unspecified atom stereocenters. The van der Waals surface area contributed by atoms with Crippen LogP contribution in [-0.4, -0.2) is 15.5 Å². The van der Waals surface area contributed by atoms with Crippen LogP contribution in [-0.2, 0) is 16.7 Å². The van der Waals surface area contributed by atoms with E-state index in [4.69, 9.17) is 20.5 Å². The fourth-order valence-corrected chi connectivity index (χ4v) is 3.87. The van der Waals surface area contributed by atoms with Crippen molar-refractivity contribution in [2.24, 2.45) is 0 Å². The molecule has 152 valence electrons. The Morgan fingerprint density at radius 1 is 0.966 bits per heavy atom. The topological polar surface area (TPSA) is 64.6 Å². The Morgan fingerprint density at radius 2 is 1.69 bits per heavy atom. The molecule has 0 fully saturated rings. The molecule has 7 heteroatoms. The minimum atomic E-state index is -3.95. The first-order valence-electron chi connectivity index (χ1n) is 8.97. The third-order valence-electron chi connectivity index (χ3n) is 4.49. The number of benzene rings is 3. The Hall–Kier alpha value is -2.70. The van der Waals surface area contributed by atoms with Gasteiger partial charge in [-0.25, -0.2) is 0 Å². The van der Waals surface area contributed by atoms with E-state index in [0.717, 1.165) is 22.4 Å². The average Bonchev–Trinajstić information content (AvgIpc) is 2.70. The molecule has 1 N–H and O–H groups in total. The molecule has 0 aliphatic rings. The third-order valence-corrected chi connectivity index (χ3v) is 6.15. The zero-order chi connectivity index (χ0) is 21.0. The van der Waals surface area contributed by atoms with Gasteiger partial charge in [0.1, 0.15) is 4.90 Å². The van der Waals surface area contributed by atoms with E-state index in [1.165, 1.54) is 19.2 Å². The molecule has 0 aliphatic heterocycles. The number of nitrogens with one attached hydrogen (secondary N) is 1. The van der Waals surface area contributed by atoms with Crippen molar-refractivity contribution in [3.63, 3.8) is 0 Å². The number of anilines is 1. The highest BCUT2D eigenvalue weighted by atomic mass is 35.5. The number of hydrogen-bond donors (Lipinski definition) is 1. The molecule has 5 nitrogen and oxygen atoms in total. The molecule has 0 heterocycles. The van der Waals surface area contributed by atoms with Crippen LogP contribution in [0.5, 0.6) is 11.5 Å². The second-order valence-corrected chi connectivity index (χ2v) is 8.56. The Bertz CT molecular complexity index is 1110. The van der Waals surface area contributed by atoms with E-state index in [-0.39, 0.29) is 10.6 Å². The summed E-state index contributed by atoms with van der Waals surface area (Å²) in [7, 11) is -2.48. The van der Waals surface area contributed by atoms with Gasteiger partial charge in [-0.1, -0.05) is 41.4 Å². The molecule has 29 heavy (non-hydrogen) atoms. The summed E-state index contributed by atoms with van der Waals surface area (Å²) < 4.78 is 35.7. The fourth-order valence-electron chi connectivity index (χ4n) is 2.76. The van der Waals surface area contributed by atoms with E-state index in [1.54, 1.807) is 30.3 Å². The molecule has 0 saturated carbocycles. The number of methoxy groups -OCH3 is 1. The summed E-state index contributed by atoms with van der Waals surface area (Å²) in [5.41, 5.74) is 3.76. The molecular weight excluding hydrogens is 410 g/mol. The van der Waals surface area contributed by atoms with E-state index in [0.29, 0.717) is 17.3 Å². The molecule has 0 aromatic heterocycles. The maximum absolute atomic E-state index is 12.5. The van der Waals surface area contributed by atoms with Gasteiger partial charge < -0.3 is 14.2 Å². The highest BCUT2D eigenvalue weighted by Crippen LogP contribution is 2.31. The van der Waals surface area contributed by atoms with E-state index in [2.05, 4.69) is 5.32 Å². The van der Waals surface area contributed by atoms with Gasteiger partial charge in [-0.05, 0) is 61.4 Å². The maximum atomic E-state index is 12.5. The van der Waals surface area contributed by atoms with Crippen molar-refractivity contribution in [1.29, 1.82) is 0 Å². The summed E-state index contributed by atoms with van der Waals surface area (Å²) in [5.74, 6) is 0.471. The fraction of sp³-hybridized carbons (Fsp3) is 0.182. The van der Waals surface area contributed by atoms with Gasteiger partial charge in [0.25, 0.3) is 0 Å². The van der Waals surface area contributed by atoms with Gasteiger partial charge in [0, 0.05) is 17.3 Å². The van der Waals surface area contributed by atoms with E-state index >= 15 is 0 Å². The average molecular weight is 432 g/mol. The quantitative estimate of drug-likeness (QED) is 0.511. The van der Waals surface area contributed by atoms with Crippen molar-refractivity contribution in [1.82, 2.24) is 0 Å². The summed E-state index contributed by atoms with van der Waals surface area (Å²) in [6.07, 6.45) is 0. The predicted octanol–water partition coefficient (Wildman–Crippen LogP) is 5.35. The smallest absolute Gasteiger partial charge is 0.339 e. The van der Waals surface area contributed by atoms with Crippen molar-refractivity contribution >= 4 is 27.4 Å². The lowest BCUT2D eigenvalue weighted by atomic mass is 10.1. The minimum absolute atomic E-state index is 0.0901. The summed E-state index contributed by atoms with van der Waals surface area (Å²) in [5, 5.41) is 4.01. The Labute approximate surface area is 176 Å². The Kier molecular flexibility index (Phi) is 6.35. The molecule has 3 aromatic carbocycles. The van der Waals surface area contributed by atoms with Crippen LogP contribution in [0.4, 0.5) is 5.69 Å². The third kappa shape index (κ3) is 5.02. The van der Waals surface area contributed by atoms with Crippen molar-refractivity contribution < 1.29 is 17.3 Å². The molecule has 3 rings (SSSR count). The molecule has 0 aliphatic carbocycles. The molecular formula is C22H22ClNO4S. The summed E-state index contributed by atoms with van der Waals surface area (Å²) in [6.45, 7) is 4.35. The van der Waals surface area contributed by atoms with Crippen LogP contribution < -0.4 is 14.2 Å². The van der Waals surface area contributed by atoms with Crippen LogP contribution in [0.1, 0.15) is 16.7 Å². The van der Waals surface area contributed by atoms with Gasteiger partial charge >= 0.3 is 10.1 Å². The monoisotopic (exact) mass is 431 g/mol. The number of hydrogen-bond acceptors (Lipinski definition) is 5. The second kappa shape index (κ2) is 8.76. The Morgan fingerprint density at radius 3 is 2.38 bits per heavy atom. The minimum Gasteiger partial charge on any atom is -0.493 e. The second-order valence-electron chi connectivity index (χ2n) is 6.60. The lowest BCUT2D eigenvalue weighted by Gasteiger charge is -2.14. The van der Waals surface area contributed by atoms with Crippen LogP contribution in [0.3, 0.4) is 0 Å². The number of aryl methyl sites for hydroxylation is 1. The summed E-state index contributed by atoms with van der Waals surface area (Å²) >= 11 is 6.15. The van der Waals surface area contributed by atoms with Gasteiger partial charge in [-0.2, -0.15) is 8.42 Å². The summed E-state index contributed by atoms with van der Waals surface area (Å²) in [4.78, 5) is 0.0901. The molecule has 0 saturated heterocycles. The van der Waals surface area contributed by atoms with Crippen LogP contribution in [0.2, 0.25) is 5.02 Å². The lowest BCUT2D eigenvalue weighted by molar-refractivity contribution is 0.390. The van der Waals surface area contributed by atoms with Crippen LogP contribution in [0, 0.1) is 13.8 Å². The summed E-state index contributed by atoms with van der Waals surface area (Å²) in [6, 6.07) is 17.3. The molecule has 0 atom stereocenters. The predicted molar refractivity (Wildman–Crippen MR) is 116 cm³/mol. The lowest BCUT2D eigenvalue weighted by Crippen LogP contribution is -2.10. The standard InChI is InChI=1S/C22H22ClNO4S/c1-15-7-10-18(11-8-15)29(25,26)28-21-12-9-17(13-22(21)27-3)14-24-20-6-4-5-19(23)16(20)2/h4-13,24H,14H2,1-3H3. The largest absolute Gasteiger partial charge is 0.493 e. The van der Waals surface area contributed by atoms with E-state index in [1.807, 2.05) is 32.0 Å². The zero-order valence-corrected chi connectivity index (χ0v) is 18.0. The van der Waals surface area contributed by atoms with E-state index < -0.39 is 10.1 Å². The van der Waals surface area contributed by atoms with Crippen molar-refractivity contribution in [2.75, 3.05) is 12.4 Å². The maximum Gasteiger partial charge on any atom is 0.339 e. The zero-order valence-electron chi connectivity index (χ0n) is 16.4. The Balaban J connectivity index is 1.78. The number of halogens is 1. The van der Waals surface area contributed by atoms with Crippen LogP contribution in [0.25, 0.3) is 0 Å². The molecule has 0 bridgehead atoms. The van der Waals surface area contributed by atoms with Crippen LogP contribution in [0.15, 0.2) is 65.6 Å². The highest BCUT2D eigenvalue weighted by molar-refractivity contribution is 7.87. The van der Waals surface area contributed by atoms with Crippen LogP contribution >= 0.6 is 11.6 Å². The van der Waals surface area contributed by atoms with Gasteiger partial charge in [0.05, 0.1) is 7.11 Å².